The van der Waals surface area contributed by atoms with Crippen LogP contribution in [0.2, 0.25) is 0 Å². The lowest BCUT2D eigenvalue weighted by Crippen LogP contribution is -2.19. The Kier molecular flexibility index (Phi) is 4.06. The van der Waals surface area contributed by atoms with Crippen LogP contribution in [0.3, 0.4) is 0 Å². The van der Waals surface area contributed by atoms with Crippen molar-refractivity contribution in [3.05, 3.63) is 35.9 Å². The Bertz CT molecular complexity index is 368. The Balaban J connectivity index is 2.80. The van der Waals surface area contributed by atoms with E-state index in [1.54, 1.807) is 24.3 Å². The topological polar surface area (TPSA) is 81.8 Å². The van der Waals surface area contributed by atoms with Gasteiger partial charge in [0.05, 0.1) is 6.54 Å². The van der Waals surface area contributed by atoms with E-state index in [4.69, 9.17) is 10.5 Å². The Hall–Kier alpha value is -2.13. The van der Waals surface area contributed by atoms with Crippen LogP contribution in [0.5, 0.6) is 0 Å². The van der Waals surface area contributed by atoms with Gasteiger partial charge in [0.1, 0.15) is 6.10 Å². The second-order valence-electron chi connectivity index (χ2n) is 2.77. The molecule has 0 saturated heterocycles. The van der Waals surface area contributed by atoms with Crippen LogP contribution in [-0.4, -0.2) is 18.7 Å². The van der Waals surface area contributed by atoms with Crippen molar-refractivity contribution in [2.45, 2.75) is 6.10 Å². The number of aliphatic imine (C=N–C) groups is 1. The maximum absolute atomic E-state index is 10.6. The zero-order chi connectivity index (χ0) is 11.1. The minimum Gasteiger partial charge on any atom is -0.439 e. The molecule has 0 aliphatic carbocycles. The fourth-order valence-corrected chi connectivity index (χ4v) is 1.14. The number of rotatable bonds is 4. The van der Waals surface area contributed by atoms with Gasteiger partial charge >= 0.3 is 6.09 Å². The van der Waals surface area contributed by atoms with Gasteiger partial charge in [-0.2, -0.15) is 0 Å². The highest BCUT2D eigenvalue weighted by atomic mass is 16.6. The molecule has 0 aromatic heterocycles. The summed E-state index contributed by atoms with van der Waals surface area (Å²) in [5.74, 6) is 0. The fraction of sp³-hybridized carbons (Fsp3) is 0.200. The summed E-state index contributed by atoms with van der Waals surface area (Å²) in [5.41, 5.74) is 5.63. The summed E-state index contributed by atoms with van der Waals surface area (Å²) < 4.78 is 4.80. The van der Waals surface area contributed by atoms with Crippen LogP contribution in [0.4, 0.5) is 4.79 Å². The molecule has 0 spiro atoms. The molecule has 1 atom stereocenters. The second kappa shape index (κ2) is 5.57. The lowest BCUT2D eigenvalue weighted by molar-refractivity contribution is 0.111. The maximum atomic E-state index is 10.6. The molecule has 0 radical (unpaired) electrons. The normalized spacial score (nSPS) is 11.2. The molecule has 1 amide bonds. The van der Waals surface area contributed by atoms with E-state index in [2.05, 4.69) is 4.99 Å². The SMILES string of the molecule is NC(=O)OC(CN=C=O)c1ccccc1. The second-order valence-corrected chi connectivity index (χ2v) is 2.77. The molecule has 0 fully saturated rings. The van der Waals surface area contributed by atoms with Crippen molar-refractivity contribution in [2.24, 2.45) is 10.7 Å². The van der Waals surface area contributed by atoms with Gasteiger partial charge < -0.3 is 10.5 Å². The highest BCUT2D eigenvalue weighted by Gasteiger charge is 2.13. The smallest absolute Gasteiger partial charge is 0.405 e. The van der Waals surface area contributed by atoms with E-state index in [9.17, 15) is 9.59 Å². The molecule has 1 aromatic rings. The van der Waals surface area contributed by atoms with E-state index in [1.807, 2.05) is 6.07 Å². The van der Waals surface area contributed by atoms with Crippen molar-refractivity contribution in [1.29, 1.82) is 0 Å². The molecule has 0 saturated carbocycles. The molecule has 0 bridgehead atoms. The zero-order valence-electron chi connectivity index (χ0n) is 7.92. The molecule has 1 aromatic carbocycles. The number of nitrogens with two attached hydrogens (primary N) is 1. The third kappa shape index (κ3) is 3.62. The summed E-state index contributed by atoms with van der Waals surface area (Å²) in [6.07, 6.45) is -0.148. The fourth-order valence-electron chi connectivity index (χ4n) is 1.14. The summed E-state index contributed by atoms with van der Waals surface area (Å²) in [5, 5.41) is 0. The first-order valence-electron chi connectivity index (χ1n) is 4.28. The largest absolute Gasteiger partial charge is 0.439 e. The van der Waals surface area contributed by atoms with Gasteiger partial charge in [-0.25, -0.2) is 14.6 Å². The van der Waals surface area contributed by atoms with Crippen LogP contribution >= 0.6 is 0 Å². The first kappa shape index (κ1) is 10.9. The minimum absolute atomic E-state index is 0.0243. The average Bonchev–Trinajstić information content (AvgIpc) is 2.25. The molecular weight excluding hydrogens is 196 g/mol. The van der Waals surface area contributed by atoms with Gasteiger partial charge in [-0.1, -0.05) is 30.3 Å². The summed E-state index contributed by atoms with van der Waals surface area (Å²) in [4.78, 5) is 23.9. The van der Waals surface area contributed by atoms with Gasteiger partial charge in [0.15, 0.2) is 0 Å². The summed E-state index contributed by atoms with van der Waals surface area (Å²) in [6, 6.07) is 8.92. The number of isocyanates is 1. The Morgan fingerprint density at radius 3 is 2.67 bits per heavy atom. The van der Waals surface area contributed by atoms with E-state index in [1.165, 1.54) is 6.08 Å². The number of ether oxygens (including phenoxy) is 1. The third-order valence-electron chi connectivity index (χ3n) is 1.75. The first-order valence-corrected chi connectivity index (χ1v) is 4.28. The average molecular weight is 206 g/mol. The minimum atomic E-state index is -0.898. The zero-order valence-corrected chi connectivity index (χ0v) is 7.92. The van der Waals surface area contributed by atoms with E-state index < -0.39 is 12.2 Å². The molecule has 2 N–H and O–H groups in total. The lowest BCUT2D eigenvalue weighted by Gasteiger charge is -2.13. The number of primary amides is 1. The summed E-state index contributed by atoms with van der Waals surface area (Å²) in [7, 11) is 0. The van der Waals surface area contributed by atoms with Crippen LogP contribution in [0, 0.1) is 0 Å². The molecule has 0 aliphatic rings. The number of benzene rings is 1. The number of nitrogens with zero attached hydrogens (tertiary/aromatic N) is 1. The maximum Gasteiger partial charge on any atom is 0.405 e. The van der Waals surface area contributed by atoms with Crippen molar-refractivity contribution in [1.82, 2.24) is 0 Å². The standard InChI is InChI=1S/C10H10N2O3/c11-10(14)15-9(6-12-7-13)8-4-2-1-3-5-8/h1-5,9H,6H2,(H2,11,14). The number of amides is 1. The predicted molar refractivity (Wildman–Crippen MR) is 52.8 cm³/mol. The van der Waals surface area contributed by atoms with Crippen molar-refractivity contribution >= 4 is 12.2 Å². The van der Waals surface area contributed by atoms with E-state index >= 15 is 0 Å². The van der Waals surface area contributed by atoms with Gasteiger partial charge in [0, 0.05) is 0 Å². The van der Waals surface area contributed by atoms with Crippen LogP contribution in [0.25, 0.3) is 0 Å². The predicted octanol–water partition coefficient (Wildman–Crippen LogP) is 1.16. The number of hydrogen-bond acceptors (Lipinski definition) is 4. The molecule has 0 aliphatic heterocycles. The summed E-state index contributed by atoms with van der Waals surface area (Å²) in [6.45, 7) is 0.0243. The number of hydrogen-bond donors (Lipinski definition) is 1. The Morgan fingerprint density at radius 1 is 1.47 bits per heavy atom. The van der Waals surface area contributed by atoms with Crippen LogP contribution < -0.4 is 5.73 Å². The monoisotopic (exact) mass is 206 g/mol. The van der Waals surface area contributed by atoms with E-state index in [-0.39, 0.29) is 6.54 Å². The lowest BCUT2D eigenvalue weighted by atomic mass is 10.1. The first-order chi connectivity index (χ1) is 7.24. The molecule has 78 valence electrons. The van der Waals surface area contributed by atoms with Crippen molar-refractivity contribution in [2.75, 3.05) is 6.54 Å². The van der Waals surface area contributed by atoms with E-state index in [0.29, 0.717) is 0 Å². The van der Waals surface area contributed by atoms with E-state index in [0.717, 1.165) is 5.56 Å². The highest BCUT2D eigenvalue weighted by molar-refractivity contribution is 5.65. The van der Waals surface area contributed by atoms with Gasteiger partial charge in [0.25, 0.3) is 0 Å². The van der Waals surface area contributed by atoms with Crippen LogP contribution in [-0.2, 0) is 9.53 Å². The summed E-state index contributed by atoms with van der Waals surface area (Å²) >= 11 is 0. The number of carbonyl (C=O) groups is 1. The Labute approximate surface area is 86.6 Å². The number of carbonyl (C=O) groups excluding carboxylic acids is 2. The molecule has 1 rings (SSSR count). The van der Waals surface area contributed by atoms with Crippen molar-refractivity contribution < 1.29 is 14.3 Å². The van der Waals surface area contributed by atoms with Crippen LogP contribution in [0.15, 0.2) is 35.3 Å². The van der Waals surface area contributed by atoms with Gasteiger partial charge in [0.2, 0.25) is 6.08 Å². The van der Waals surface area contributed by atoms with Gasteiger partial charge in [-0.15, -0.1) is 0 Å². The van der Waals surface area contributed by atoms with Crippen molar-refractivity contribution in [3.63, 3.8) is 0 Å². The molecule has 0 heterocycles. The van der Waals surface area contributed by atoms with Gasteiger partial charge in [-0.3, -0.25) is 0 Å². The molecular formula is C10H10N2O3. The molecule has 15 heavy (non-hydrogen) atoms. The molecule has 5 nitrogen and oxygen atoms in total. The Morgan fingerprint density at radius 2 is 2.13 bits per heavy atom. The van der Waals surface area contributed by atoms with Gasteiger partial charge in [-0.05, 0) is 5.56 Å². The quantitative estimate of drug-likeness (QED) is 0.592. The molecule has 5 heteroatoms. The van der Waals surface area contributed by atoms with Crippen molar-refractivity contribution in [3.8, 4) is 0 Å². The highest BCUT2D eigenvalue weighted by Crippen LogP contribution is 2.16. The van der Waals surface area contributed by atoms with Crippen LogP contribution in [0.1, 0.15) is 11.7 Å². The third-order valence-corrected chi connectivity index (χ3v) is 1.75. The molecule has 1 unspecified atom stereocenters.